The normalized spacial score (nSPS) is 35.1. The van der Waals surface area contributed by atoms with Gasteiger partial charge in [0, 0.05) is 6.04 Å². The van der Waals surface area contributed by atoms with E-state index in [0.29, 0.717) is 17.4 Å². The maximum absolute atomic E-state index is 4.23. The van der Waals surface area contributed by atoms with Crippen LogP contribution in [0.5, 0.6) is 0 Å². The minimum Gasteiger partial charge on any atom is -0.316 e. The first-order valence-corrected chi connectivity index (χ1v) is 6.72. The summed E-state index contributed by atoms with van der Waals surface area (Å²) in [5.74, 6) is 2.25. The van der Waals surface area contributed by atoms with Crippen molar-refractivity contribution in [2.45, 2.75) is 59.4 Å². The molecule has 0 spiro atoms. The van der Waals surface area contributed by atoms with E-state index in [0.717, 1.165) is 11.8 Å². The Morgan fingerprint density at radius 1 is 1.38 bits per heavy atom. The first-order valence-electron chi connectivity index (χ1n) is 6.72. The zero-order valence-electron chi connectivity index (χ0n) is 11.9. The Bertz CT molecular complexity index is 251. The average Bonchev–Trinajstić information content (AvgIpc) is 2.66. The predicted molar refractivity (Wildman–Crippen MR) is 75.4 cm³/mol. The Kier molecular flexibility index (Phi) is 4.28. The second-order valence-corrected chi connectivity index (χ2v) is 6.28. The summed E-state index contributed by atoms with van der Waals surface area (Å²) < 4.78 is 0. The molecule has 0 bridgehead atoms. The smallest absolute Gasteiger partial charge is 0.128 e. The van der Waals surface area contributed by atoms with E-state index in [4.69, 9.17) is 0 Å². The van der Waals surface area contributed by atoms with E-state index >= 15 is 0 Å². The molecule has 1 aliphatic rings. The SMILES string of the molecule is BC(NC(C)C)C(=C)CCC1(C)C(C)C1C. The van der Waals surface area contributed by atoms with Crippen molar-refractivity contribution >= 4 is 7.85 Å². The molecule has 0 aromatic heterocycles. The molecule has 3 atom stereocenters. The van der Waals surface area contributed by atoms with Gasteiger partial charge in [0.25, 0.3) is 0 Å². The number of nitrogens with one attached hydrogen (secondary N) is 1. The van der Waals surface area contributed by atoms with Crippen LogP contribution in [0.1, 0.15) is 47.5 Å². The van der Waals surface area contributed by atoms with Gasteiger partial charge in [-0.15, -0.1) is 0 Å². The topological polar surface area (TPSA) is 12.0 Å². The lowest BCUT2D eigenvalue weighted by Crippen LogP contribution is -2.36. The van der Waals surface area contributed by atoms with Gasteiger partial charge in [-0.25, -0.2) is 0 Å². The Hall–Kier alpha value is -0.235. The molecule has 0 heterocycles. The van der Waals surface area contributed by atoms with Crippen LogP contribution in [-0.4, -0.2) is 19.8 Å². The summed E-state index contributed by atoms with van der Waals surface area (Å²) in [4.78, 5) is 0. The highest BCUT2D eigenvalue weighted by atomic mass is 14.9. The van der Waals surface area contributed by atoms with Crippen LogP contribution in [0.15, 0.2) is 12.2 Å². The standard InChI is InChI=1S/C14H28BN/c1-9(2)16-13(15)10(3)7-8-14(6)11(4)12(14)5/h9,11-13,16H,3,7-8,15H2,1-2,4-6H3. The molecular weight excluding hydrogens is 193 g/mol. The molecule has 0 radical (unpaired) electrons. The van der Waals surface area contributed by atoms with Gasteiger partial charge in [0.15, 0.2) is 0 Å². The average molecular weight is 221 g/mol. The summed E-state index contributed by atoms with van der Waals surface area (Å²) >= 11 is 0. The molecule has 1 N–H and O–H groups in total. The lowest BCUT2D eigenvalue weighted by Gasteiger charge is -2.21. The molecule has 0 amide bonds. The van der Waals surface area contributed by atoms with E-state index in [9.17, 15) is 0 Å². The monoisotopic (exact) mass is 221 g/mol. The molecule has 92 valence electrons. The number of hydrogen-bond donors (Lipinski definition) is 1. The van der Waals surface area contributed by atoms with Gasteiger partial charge in [0.2, 0.25) is 0 Å². The second-order valence-electron chi connectivity index (χ2n) is 6.28. The van der Waals surface area contributed by atoms with Gasteiger partial charge in [-0.3, -0.25) is 0 Å². The van der Waals surface area contributed by atoms with Crippen molar-refractivity contribution in [2.75, 3.05) is 0 Å². The summed E-state index contributed by atoms with van der Waals surface area (Å²) in [5, 5.41) is 3.52. The summed E-state index contributed by atoms with van der Waals surface area (Å²) in [7, 11) is 2.23. The van der Waals surface area contributed by atoms with Gasteiger partial charge in [0.05, 0.1) is 0 Å². The van der Waals surface area contributed by atoms with Crippen LogP contribution in [0, 0.1) is 17.3 Å². The Labute approximate surface area is 102 Å². The van der Waals surface area contributed by atoms with Crippen LogP contribution in [-0.2, 0) is 0 Å². The maximum atomic E-state index is 4.23. The van der Waals surface area contributed by atoms with Gasteiger partial charge in [-0.2, -0.15) is 0 Å². The largest absolute Gasteiger partial charge is 0.316 e. The summed E-state index contributed by atoms with van der Waals surface area (Å²) in [6.07, 6.45) is 2.48. The van der Waals surface area contributed by atoms with Crippen molar-refractivity contribution in [3.8, 4) is 0 Å². The Morgan fingerprint density at radius 2 is 1.88 bits per heavy atom. The van der Waals surface area contributed by atoms with Crippen LogP contribution in [0.25, 0.3) is 0 Å². The van der Waals surface area contributed by atoms with E-state index in [2.05, 4.69) is 54.4 Å². The molecule has 0 aromatic rings. The molecule has 0 aliphatic heterocycles. The fourth-order valence-electron chi connectivity index (χ4n) is 2.79. The molecule has 1 nitrogen and oxygen atoms in total. The zero-order valence-corrected chi connectivity index (χ0v) is 11.9. The van der Waals surface area contributed by atoms with Crippen LogP contribution in [0.2, 0.25) is 0 Å². The molecule has 3 unspecified atom stereocenters. The lowest BCUT2D eigenvalue weighted by atomic mass is 9.84. The van der Waals surface area contributed by atoms with E-state index in [1.165, 1.54) is 18.4 Å². The third-order valence-electron chi connectivity index (χ3n) is 4.90. The van der Waals surface area contributed by atoms with Gasteiger partial charge in [-0.1, -0.05) is 46.8 Å². The lowest BCUT2D eigenvalue weighted by molar-refractivity contribution is 0.444. The summed E-state index contributed by atoms with van der Waals surface area (Å²) in [6.45, 7) is 15.8. The van der Waals surface area contributed by atoms with E-state index in [1.54, 1.807) is 0 Å². The van der Waals surface area contributed by atoms with Crippen LogP contribution in [0.3, 0.4) is 0 Å². The third kappa shape index (κ3) is 2.91. The van der Waals surface area contributed by atoms with Crippen molar-refractivity contribution in [3.05, 3.63) is 12.2 Å². The molecule has 0 saturated heterocycles. The molecule has 1 aliphatic carbocycles. The van der Waals surface area contributed by atoms with E-state index < -0.39 is 0 Å². The highest BCUT2D eigenvalue weighted by molar-refractivity contribution is 6.13. The number of hydrogen-bond acceptors (Lipinski definition) is 1. The van der Waals surface area contributed by atoms with Crippen LogP contribution >= 0.6 is 0 Å². The number of rotatable bonds is 6. The molecule has 2 heteroatoms. The van der Waals surface area contributed by atoms with Gasteiger partial charge >= 0.3 is 0 Å². The van der Waals surface area contributed by atoms with Crippen molar-refractivity contribution in [2.24, 2.45) is 17.3 Å². The fourth-order valence-corrected chi connectivity index (χ4v) is 2.79. The van der Waals surface area contributed by atoms with Gasteiger partial charge in [0.1, 0.15) is 7.85 Å². The molecule has 1 rings (SSSR count). The van der Waals surface area contributed by atoms with Gasteiger partial charge < -0.3 is 5.32 Å². The van der Waals surface area contributed by atoms with E-state index in [1.807, 2.05) is 0 Å². The highest BCUT2D eigenvalue weighted by Crippen LogP contribution is 2.60. The first kappa shape index (κ1) is 13.8. The minimum absolute atomic E-state index is 0.452. The van der Waals surface area contributed by atoms with Crippen molar-refractivity contribution < 1.29 is 0 Å². The molecular formula is C14H28BN. The van der Waals surface area contributed by atoms with E-state index in [-0.39, 0.29) is 0 Å². The van der Waals surface area contributed by atoms with Crippen molar-refractivity contribution in [3.63, 3.8) is 0 Å². The Morgan fingerprint density at radius 3 is 2.25 bits per heavy atom. The quantitative estimate of drug-likeness (QED) is 0.537. The van der Waals surface area contributed by atoms with Crippen LogP contribution in [0.4, 0.5) is 0 Å². The molecule has 1 fully saturated rings. The summed E-state index contributed by atoms with van der Waals surface area (Å²) in [5.41, 5.74) is 1.95. The maximum Gasteiger partial charge on any atom is 0.128 e. The summed E-state index contributed by atoms with van der Waals surface area (Å²) in [6, 6.07) is 0.543. The van der Waals surface area contributed by atoms with Gasteiger partial charge in [-0.05, 0) is 36.0 Å². The van der Waals surface area contributed by atoms with Crippen LogP contribution < -0.4 is 5.32 Å². The molecule has 0 aromatic carbocycles. The second kappa shape index (κ2) is 4.95. The minimum atomic E-state index is 0.452. The predicted octanol–water partition coefficient (Wildman–Crippen LogP) is 2.57. The highest BCUT2D eigenvalue weighted by Gasteiger charge is 2.54. The Balaban J connectivity index is 2.31. The molecule has 16 heavy (non-hydrogen) atoms. The fraction of sp³-hybridized carbons (Fsp3) is 0.857. The van der Waals surface area contributed by atoms with Crippen molar-refractivity contribution in [1.82, 2.24) is 5.32 Å². The molecule has 1 saturated carbocycles. The zero-order chi connectivity index (χ0) is 12.5. The first-order chi connectivity index (χ1) is 7.29. The third-order valence-corrected chi connectivity index (χ3v) is 4.90. The van der Waals surface area contributed by atoms with Crippen molar-refractivity contribution in [1.29, 1.82) is 0 Å².